The Bertz CT molecular complexity index is 361. The standard InChI is InChI=1S/C15H30N4OS.HI/c1-13(18-5-8-20-9-6-18)11-17-14(16-4)19-7-10-21-15(2,3)12-19;/h13H,5-12H2,1-4H3,(H,16,17);1H. The molecule has 0 saturated carbocycles. The Morgan fingerprint density at radius 2 is 2.00 bits per heavy atom. The fourth-order valence-electron chi connectivity index (χ4n) is 2.92. The molecule has 0 spiro atoms. The van der Waals surface area contributed by atoms with Crippen LogP contribution < -0.4 is 5.32 Å². The first kappa shape index (κ1) is 20.3. The highest BCUT2D eigenvalue weighted by Crippen LogP contribution is 2.29. The molecule has 2 saturated heterocycles. The Morgan fingerprint density at radius 3 is 2.59 bits per heavy atom. The summed E-state index contributed by atoms with van der Waals surface area (Å²) in [6.45, 7) is 13.8. The first-order valence-electron chi connectivity index (χ1n) is 7.93. The maximum absolute atomic E-state index is 5.42. The molecule has 2 aliphatic heterocycles. The highest BCUT2D eigenvalue weighted by atomic mass is 127. The van der Waals surface area contributed by atoms with Crippen LogP contribution in [0.15, 0.2) is 4.99 Å². The normalized spacial score (nSPS) is 24.5. The van der Waals surface area contributed by atoms with Crippen LogP contribution in [0.4, 0.5) is 0 Å². The van der Waals surface area contributed by atoms with Gasteiger partial charge in [-0.25, -0.2) is 0 Å². The van der Waals surface area contributed by atoms with Gasteiger partial charge < -0.3 is 15.0 Å². The molecule has 0 bridgehead atoms. The lowest BCUT2D eigenvalue weighted by atomic mass is 10.2. The lowest BCUT2D eigenvalue weighted by Crippen LogP contribution is -2.54. The molecular formula is C15H31IN4OS. The van der Waals surface area contributed by atoms with Crippen molar-refractivity contribution in [3.63, 3.8) is 0 Å². The molecule has 7 heteroatoms. The molecule has 1 unspecified atom stereocenters. The molecule has 0 aromatic carbocycles. The lowest BCUT2D eigenvalue weighted by molar-refractivity contribution is 0.0210. The molecular weight excluding hydrogens is 411 g/mol. The zero-order valence-electron chi connectivity index (χ0n) is 14.3. The first-order chi connectivity index (χ1) is 10.0. The number of halogens is 1. The van der Waals surface area contributed by atoms with E-state index in [-0.39, 0.29) is 24.0 Å². The summed E-state index contributed by atoms with van der Waals surface area (Å²) in [5.41, 5.74) is 0. The second kappa shape index (κ2) is 9.54. The molecule has 22 heavy (non-hydrogen) atoms. The van der Waals surface area contributed by atoms with E-state index in [0.29, 0.717) is 10.8 Å². The molecule has 130 valence electrons. The Kier molecular flexibility index (Phi) is 8.81. The number of nitrogens with zero attached hydrogens (tertiary/aromatic N) is 3. The third-order valence-corrected chi connectivity index (χ3v) is 5.46. The van der Waals surface area contributed by atoms with Crippen molar-refractivity contribution in [1.82, 2.24) is 15.1 Å². The number of ether oxygens (including phenoxy) is 1. The highest BCUT2D eigenvalue weighted by Gasteiger charge is 2.29. The number of nitrogens with one attached hydrogen (secondary N) is 1. The molecule has 0 aromatic rings. The summed E-state index contributed by atoms with van der Waals surface area (Å²) in [5, 5.41) is 3.56. The van der Waals surface area contributed by atoms with Crippen LogP contribution in [-0.4, -0.2) is 85.3 Å². The Labute approximate surface area is 156 Å². The first-order valence-corrected chi connectivity index (χ1v) is 8.92. The van der Waals surface area contributed by atoms with Gasteiger partial charge >= 0.3 is 0 Å². The lowest BCUT2D eigenvalue weighted by Gasteiger charge is -2.40. The molecule has 1 N–H and O–H groups in total. The van der Waals surface area contributed by atoms with Crippen molar-refractivity contribution in [2.75, 3.05) is 58.7 Å². The van der Waals surface area contributed by atoms with Crippen molar-refractivity contribution < 1.29 is 4.74 Å². The quantitative estimate of drug-likeness (QED) is 0.410. The molecule has 2 rings (SSSR count). The SMILES string of the molecule is CN=C(NCC(C)N1CCOCC1)N1CCSC(C)(C)C1.I. The van der Waals surface area contributed by atoms with Crippen LogP contribution in [0.2, 0.25) is 0 Å². The fourth-order valence-corrected chi connectivity index (χ4v) is 4.03. The number of hydrogen-bond acceptors (Lipinski definition) is 4. The maximum atomic E-state index is 5.42. The third-order valence-electron chi connectivity index (χ3n) is 4.16. The average molecular weight is 442 g/mol. The Hall–Kier alpha value is 0.270. The van der Waals surface area contributed by atoms with Crippen LogP contribution in [-0.2, 0) is 4.74 Å². The summed E-state index contributed by atoms with van der Waals surface area (Å²) < 4.78 is 5.73. The van der Waals surface area contributed by atoms with Crippen molar-refractivity contribution in [1.29, 1.82) is 0 Å². The van der Waals surface area contributed by atoms with Gasteiger partial charge in [-0.15, -0.1) is 24.0 Å². The summed E-state index contributed by atoms with van der Waals surface area (Å²) in [4.78, 5) is 9.35. The Morgan fingerprint density at radius 1 is 1.32 bits per heavy atom. The summed E-state index contributed by atoms with van der Waals surface area (Å²) in [7, 11) is 1.89. The number of guanidine groups is 1. The second-order valence-corrected chi connectivity index (χ2v) is 8.26. The van der Waals surface area contributed by atoms with E-state index in [9.17, 15) is 0 Å². The number of rotatable bonds is 3. The van der Waals surface area contributed by atoms with Gasteiger partial charge in [0, 0.05) is 56.3 Å². The zero-order chi connectivity index (χ0) is 15.3. The van der Waals surface area contributed by atoms with Gasteiger partial charge in [0.2, 0.25) is 0 Å². The summed E-state index contributed by atoms with van der Waals surface area (Å²) >= 11 is 2.05. The molecule has 2 aliphatic rings. The van der Waals surface area contributed by atoms with E-state index < -0.39 is 0 Å². The monoisotopic (exact) mass is 442 g/mol. The van der Waals surface area contributed by atoms with Gasteiger partial charge in [0.25, 0.3) is 0 Å². The van der Waals surface area contributed by atoms with Gasteiger partial charge in [-0.1, -0.05) is 0 Å². The van der Waals surface area contributed by atoms with Crippen LogP contribution in [0.25, 0.3) is 0 Å². The number of hydrogen-bond donors (Lipinski definition) is 1. The van der Waals surface area contributed by atoms with E-state index in [2.05, 4.69) is 52.6 Å². The van der Waals surface area contributed by atoms with Gasteiger partial charge in [0.15, 0.2) is 5.96 Å². The van der Waals surface area contributed by atoms with E-state index in [4.69, 9.17) is 4.74 Å². The van der Waals surface area contributed by atoms with E-state index in [0.717, 1.165) is 51.9 Å². The fraction of sp³-hybridized carbons (Fsp3) is 0.933. The molecule has 0 radical (unpaired) electrons. The predicted octanol–water partition coefficient (Wildman–Crippen LogP) is 1.73. The van der Waals surface area contributed by atoms with E-state index >= 15 is 0 Å². The number of aliphatic imine (C=N–C) groups is 1. The Balaban J connectivity index is 0.00000242. The minimum Gasteiger partial charge on any atom is -0.379 e. The molecule has 0 aliphatic carbocycles. The third kappa shape index (κ3) is 6.05. The van der Waals surface area contributed by atoms with Gasteiger partial charge in [-0.05, 0) is 20.8 Å². The zero-order valence-corrected chi connectivity index (χ0v) is 17.4. The van der Waals surface area contributed by atoms with Crippen LogP contribution in [0.3, 0.4) is 0 Å². The van der Waals surface area contributed by atoms with Crippen molar-refractivity contribution >= 4 is 41.7 Å². The van der Waals surface area contributed by atoms with Crippen molar-refractivity contribution in [2.45, 2.75) is 31.6 Å². The minimum atomic E-state index is 0. The van der Waals surface area contributed by atoms with Crippen molar-refractivity contribution in [3.8, 4) is 0 Å². The topological polar surface area (TPSA) is 40.1 Å². The van der Waals surface area contributed by atoms with Gasteiger partial charge in [0.05, 0.1) is 13.2 Å². The smallest absolute Gasteiger partial charge is 0.193 e. The van der Waals surface area contributed by atoms with Crippen LogP contribution >= 0.6 is 35.7 Å². The van der Waals surface area contributed by atoms with Crippen LogP contribution in [0.1, 0.15) is 20.8 Å². The van der Waals surface area contributed by atoms with Gasteiger partial charge in [-0.2, -0.15) is 11.8 Å². The summed E-state index contributed by atoms with van der Waals surface area (Å²) in [6.07, 6.45) is 0. The van der Waals surface area contributed by atoms with E-state index in [1.807, 2.05) is 7.05 Å². The number of morpholine rings is 1. The molecule has 2 fully saturated rings. The highest BCUT2D eigenvalue weighted by molar-refractivity contribution is 14.0. The summed E-state index contributed by atoms with van der Waals surface area (Å²) in [5.74, 6) is 2.22. The predicted molar refractivity (Wildman–Crippen MR) is 107 cm³/mol. The van der Waals surface area contributed by atoms with Crippen molar-refractivity contribution in [2.24, 2.45) is 4.99 Å². The van der Waals surface area contributed by atoms with Gasteiger partial charge in [0.1, 0.15) is 0 Å². The molecule has 0 amide bonds. The summed E-state index contributed by atoms with van der Waals surface area (Å²) in [6, 6.07) is 0.512. The average Bonchev–Trinajstić information content (AvgIpc) is 2.47. The van der Waals surface area contributed by atoms with Crippen molar-refractivity contribution in [3.05, 3.63) is 0 Å². The van der Waals surface area contributed by atoms with E-state index in [1.165, 1.54) is 5.75 Å². The molecule has 2 heterocycles. The maximum Gasteiger partial charge on any atom is 0.193 e. The minimum absolute atomic E-state index is 0. The van der Waals surface area contributed by atoms with E-state index in [1.54, 1.807) is 0 Å². The molecule has 5 nitrogen and oxygen atoms in total. The molecule has 0 aromatic heterocycles. The second-order valence-electron chi connectivity index (χ2n) is 6.46. The van der Waals surface area contributed by atoms with Gasteiger partial charge in [-0.3, -0.25) is 9.89 Å². The van der Waals surface area contributed by atoms with Crippen LogP contribution in [0, 0.1) is 0 Å². The van der Waals surface area contributed by atoms with Crippen LogP contribution in [0.5, 0.6) is 0 Å². The number of thioether (sulfide) groups is 1. The molecule has 1 atom stereocenters. The largest absolute Gasteiger partial charge is 0.379 e.